The van der Waals surface area contributed by atoms with E-state index in [2.05, 4.69) is 24.0 Å². The van der Waals surface area contributed by atoms with Crippen LogP contribution < -0.4 is 5.73 Å². The molecule has 2 atom stereocenters. The maximum Gasteiger partial charge on any atom is 0.239 e. The van der Waals surface area contributed by atoms with Gasteiger partial charge < -0.3 is 10.6 Å². The summed E-state index contributed by atoms with van der Waals surface area (Å²) in [6, 6.07) is 7.89. The first-order valence-electron chi connectivity index (χ1n) is 7.03. The topological polar surface area (TPSA) is 49.6 Å². The lowest BCUT2D eigenvalue weighted by Gasteiger charge is -2.38. The number of amides is 1. The summed E-state index contributed by atoms with van der Waals surface area (Å²) in [5.41, 5.74) is 6.90. The Labute approximate surface area is 149 Å². The van der Waals surface area contributed by atoms with E-state index in [9.17, 15) is 4.79 Å². The van der Waals surface area contributed by atoms with Gasteiger partial charge in [-0.3, -0.25) is 9.69 Å². The molecule has 126 valence electrons. The molecule has 2 rings (SSSR count). The van der Waals surface area contributed by atoms with Gasteiger partial charge in [-0.05, 0) is 31.5 Å². The van der Waals surface area contributed by atoms with E-state index >= 15 is 0 Å². The number of piperazine rings is 1. The molecule has 2 N–H and O–H groups in total. The molecule has 0 bridgehead atoms. The molecule has 1 saturated heterocycles. The van der Waals surface area contributed by atoms with Crippen molar-refractivity contribution in [1.82, 2.24) is 9.80 Å². The number of carbonyl (C=O) groups excluding carboxylic acids is 1. The molecular formula is C15H24Cl3N3O. The molecule has 0 spiro atoms. The number of hydrogen-bond donors (Lipinski definition) is 1. The van der Waals surface area contributed by atoms with Crippen molar-refractivity contribution in [3.8, 4) is 0 Å². The predicted octanol–water partition coefficient (Wildman–Crippen LogP) is 2.74. The number of halogens is 3. The fourth-order valence-electron chi connectivity index (χ4n) is 2.57. The highest BCUT2D eigenvalue weighted by Crippen LogP contribution is 2.23. The number of rotatable bonds is 3. The Morgan fingerprint density at radius 1 is 1.09 bits per heavy atom. The van der Waals surface area contributed by atoms with Crippen LogP contribution >= 0.6 is 36.4 Å². The van der Waals surface area contributed by atoms with Crippen molar-refractivity contribution in [2.24, 2.45) is 5.73 Å². The van der Waals surface area contributed by atoms with Crippen molar-refractivity contribution >= 4 is 42.3 Å². The van der Waals surface area contributed by atoms with Crippen molar-refractivity contribution in [3.05, 3.63) is 34.9 Å². The van der Waals surface area contributed by atoms with Crippen LogP contribution in [0.4, 0.5) is 0 Å². The van der Waals surface area contributed by atoms with Gasteiger partial charge in [0.1, 0.15) is 0 Å². The number of benzene rings is 1. The molecule has 0 saturated carbocycles. The normalized spacial score (nSPS) is 17.9. The van der Waals surface area contributed by atoms with Gasteiger partial charge in [0.2, 0.25) is 5.91 Å². The SMILES string of the molecule is CC(c1ccc(Cl)cc1)N1CCN(C(=O)[C@@H](C)N)CC1.Cl.Cl. The molecule has 0 radical (unpaired) electrons. The lowest BCUT2D eigenvalue weighted by molar-refractivity contribution is -0.134. The van der Waals surface area contributed by atoms with Crippen LogP contribution in [0.1, 0.15) is 25.5 Å². The molecule has 1 heterocycles. The Balaban J connectivity index is 0.00000220. The third kappa shape index (κ3) is 5.28. The van der Waals surface area contributed by atoms with Crippen LogP contribution in [-0.4, -0.2) is 47.9 Å². The Kier molecular flexibility index (Phi) is 9.35. The van der Waals surface area contributed by atoms with E-state index in [0.717, 1.165) is 31.2 Å². The molecule has 0 aromatic heterocycles. The third-order valence-corrected chi connectivity index (χ3v) is 4.17. The van der Waals surface area contributed by atoms with Crippen LogP contribution in [0, 0.1) is 0 Å². The van der Waals surface area contributed by atoms with E-state index in [0.29, 0.717) is 6.04 Å². The average Bonchev–Trinajstić information content (AvgIpc) is 2.46. The molecule has 1 fully saturated rings. The summed E-state index contributed by atoms with van der Waals surface area (Å²) in [7, 11) is 0. The second-order valence-corrected chi connectivity index (χ2v) is 5.81. The molecule has 1 aliphatic heterocycles. The fraction of sp³-hybridized carbons (Fsp3) is 0.533. The van der Waals surface area contributed by atoms with Crippen LogP contribution in [0.25, 0.3) is 0 Å². The van der Waals surface area contributed by atoms with E-state index in [1.165, 1.54) is 5.56 Å². The predicted molar refractivity (Wildman–Crippen MR) is 96.2 cm³/mol. The van der Waals surface area contributed by atoms with Crippen molar-refractivity contribution in [2.75, 3.05) is 26.2 Å². The Morgan fingerprint density at radius 2 is 1.59 bits per heavy atom. The number of nitrogens with zero attached hydrogens (tertiary/aromatic N) is 2. The maximum absolute atomic E-state index is 11.8. The smallest absolute Gasteiger partial charge is 0.239 e. The zero-order chi connectivity index (χ0) is 14.7. The summed E-state index contributed by atoms with van der Waals surface area (Å²) in [6.07, 6.45) is 0. The summed E-state index contributed by atoms with van der Waals surface area (Å²) in [4.78, 5) is 16.1. The third-order valence-electron chi connectivity index (χ3n) is 3.92. The summed E-state index contributed by atoms with van der Waals surface area (Å²) >= 11 is 5.92. The Morgan fingerprint density at radius 3 is 2.05 bits per heavy atom. The van der Waals surface area contributed by atoms with Gasteiger partial charge in [0.15, 0.2) is 0 Å². The van der Waals surface area contributed by atoms with Gasteiger partial charge in [-0.15, -0.1) is 24.8 Å². The molecular weight excluding hydrogens is 345 g/mol. The highest BCUT2D eigenvalue weighted by molar-refractivity contribution is 6.30. The molecule has 1 aromatic carbocycles. The largest absolute Gasteiger partial charge is 0.339 e. The van der Waals surface area contributed by atoms with Crippen LogP contribution in [0.5, 0.6) is 0 Å². The van der Waals surface area contributed by atoms with E-state index in [1.807, 2.05) is 17.0 Å². The van der Waals surface area contributed by atoms with Crippen molar-refractivity contribution in [3.63, 3.8) is 0 Å². The second-order valence-electron chi connectivity index (χ2n) is 5.38. The Hall–Kier alpha value is -0.520. The van der Waals surface area contributed by atoms with Gasteiger partial charge in [-0.1, -0.05) is 23.7 Å². The van der Waals surface area contributed by atoms with E-state index in [-0.39, 0.29) is 30.7 Å². The van der Waals surface area contributed by atoms with Crippen LogP contribution in [0.3, 0.4) is 0 Å². The highest BCUT2D eigenvalue weighted by atomic mass is 35.5. The first-order valence-corrected chi connectivity index (χ1v) is 7.40. The quantitative estimate of drug-likeness (QED) is 0.892. The van der Waals surface area contributed by atoms with Gasteiger partial charge in [0.05, 0.1) is 6.04 Å². The lowest BCUT2D eigenvalue weighted by Crippen LogP contribution is -2.52. The van der Waals surface area contributed by atoms with Gasteiger partial charge in [-0.2, -0.15) is 0 Å². The van der Waals surface area contributed by atoms with Crippen molar-refractivity contribution < 1.29 is 4.79 Å². The van der Waals surface area contributed by atoms with Gasteiger partial charge >= 0.3 is 0 Å². The Bertz CT molecular complexity index is 460. The summed E-state index contributed by atoms with van der Waals surface area (Å²) < 4.78 is 0. The minimum atomic E-state index is -0.407. The van der Waals surface area contributed by atoms with E-state index in [1.54, 1.807) is 6.92 Å². The monoisotopic (exact) mass is 367 g/mol. The number of hydrogen-bond acceptors (Lipinski definition) is 3. The molecule has 1 aromatic rings. The van der Waals surface area contributed by atoms with Crippen molar-refractivity contribution in [2.45, 2.75) is 25.9 Å². The molecule has 7 heteroatoms. The number of nitrogens with two attached hydrogens (primary N) is 1. The molecule has 4 nitrogen and oxygen atoms in total. The van der Waals surface area contributed by atoms with Gasteiger partial charge in [-0.25, -0.2) is 0 Å². The first kappa shape index (κ1) is 21.5. The van der Waals surface area contributed by atoms with E-state index in [4.69, 9.17) is 17.3 Å². The molecule has 22 heavy (non-hydrogen) atoms. The lowest BCUT2D eigenvalue weighted by atomic mass is 10.1. The first-order chi connectivity index (χ1) is 9.49. The average molecular weight is 369 g/mol. The zero-order valence-electron chi connectivity index (χ0n) is 12.9. The van der Waals surface area contributed by atoms with Crippen LogP contribution in [0.15, 0.2) is 24.3 Å². The molecule has 1 unspecified atom stereocenters. The minimum absolute atomic E-state index is 0. The van der Waals surface area contributed by atoms with Gasteiger partial charge in [0, 0.05) is 37.2 Å². The van der Waals surface area contributed by atoms with Crippen LogP contribution in [0.2, 0.25) is 5.02 Å². The summed E-state index contributed by atoms with van der Waals surface area (Å²) in [5, 5.41) is 0.758. The molecule has 0 aliphatic carbocycles. The standard InChI is InChI=1S/C15H22ClN3O.2ClH/c1-11(17)15(20)19-9-7-18(8-10-19)12(2)13-3-5-14(16)6-4-13;;/h3-6,11-12H,7-10,17H2,1-2H3;2*1H/t11-,12?;;/m1../s1. The van der Waals surface area contributed by atoms with E-state index < -0.39 is 6.04 Å². The highest BCUT2D eigenvalue weighted by Gasteiger charge is 2.25. The van der Waals surface area contributed by atoms with Crippen molar-refractivity contribution in [1.29, 1.82) is 0 Å². The second kappa shape index (κ2) is 9.58. The molecule has 1 amide bonds. The number of carbonyl (C=O) groups is 1. The zero-order valence-corrected chi connectivity index (χ0v) is 15.3. The van der Waals surface area contributed by atoms with Gasteiger partial charge in [0.25, 0.3) is 0 Å². The van der Waals surface area contributed by atoms with Crippen LogP contribution in [-0.2, 0) is 4.79 Å². The molecule has 1 aliphatic rings. The summed E-state index contributed by atoms with van der Waals surface area (Å²) in [6.45, 7) is 7.18. The fourth-order valence-corrected chi connectivity index (χ4v) is 2.70. The maximum atomic E-state index is 11.8. The minimum Gasteiger partial charge on any atom is -0.339 e. The summed E-state index contributed by atoms with van der Waals surface area (Å²) in [5.74, 6) is 0.0452.